The predicted molar refractivity (Wildman–Crippen MR) is 101 cm³/mol. The number of nitrogens with zero attached hydrogens (tertiary/aromatic N) is 3. The van der Waals surface area contributed by atoms with Gasteiger partial charge in [-0.2, -0.15) is 0 Å². The molecule has 114 valence electrons. The van der Waals surface area contributed by atoms with Crippen LogP contribution in [0.25, 0.3) is 22.1 Å². The number of hydrogen-bond donors (Lipinski definition) is 0. The van der Waals surface area contributed by atoms with Crippen LogP contribution in [0.3, 0.4) is 0 Å². The molecular weight excluding hydrogens is 438 g/mol. The Hall–Kier alpha value is -1.50. The fourth-order valence-corrected chi connectivity index (χ4v) is 4.15. The lowest BCUT2D eigenvalue weighted by atomic mass is 10.2. The van der Waals surface area contributed by atoms with Crippen LogP contribution < -0.4 is 0 Å². The number of thiophene rings is 1. The molecule has 23 heavy (non-hydrogen) atoms. The third-order valence-electron chi connectivity index (χ3n) is 3.53. The Morgan fingerprint density at radius 3 is 2.48 bits per heavy atom. The average Bonchev–Trinajstić information content (AvgIpc) is 3.14. The minimum absolute atomic E-state index is 0.781. The van der Waals surface area contributed by atoms with E-state index >= 15 is 0 Å². The van der Waals surface area contributed by atoms with Gasteiger partial charge in [0.15, 0.2) is 5.82 Å². The van der Waals surface area contributed by atoms with E-state index in [1.54, 1.807) is 11.3 Å². The summed E-state index contributed by atoms with van der Waals surface area (Å²) in [5.74, 6) is 0.781. The van der Waals surface area contributed by atoms with Gasteiger partial charge in [-0.25, -0.2) is 9.97 Å². The Labute approximate surface area is 154 Å². The lowest BCUT2D eigenvalue weighted by Gasteiger charge is -2.08. The van der Waals surface area contributed by atoms with Crippen molar-refractivity contribution >= 4 is 43.2 Å². The minimum atomic E-state index is 0.781. The number of rotatable bonds is 3. The summed E-state index contributed by atoms with van der Waals surface area (Å²) < 4.78 is 4.27. The van der Waals surface area contributed by atoms with E-state index in [2.05, 4.69) is 76.9 Å². The number of hydrogen-bond acceptors (Lipinski definition) is 3. The SMILES string of the molecule is Brc1ccc(Cn2ccc3nc(-c4sccc4Br)nc-3c2)cc1. The van der Waals surface area contributed by atoms with Crippen molar-refractivity contribution < 1.29 is 0 Å². The van der Waals surface area contributed by atoms with Crippen LogP contribution in [0.1, 0.15) is 5.56 Å². The summed E-state index contributed by atoms with van der Waals surface area (Å²) in [5, 5.41) is 2.04. The molecule has 3 heterocycles. The number of fused-ring (bicyclic) bond motifs is 1. The first-order valence-corrected chi connectivity index (χ1v) is 9.47. The first kappa shape index (κ1) is 15.1. The molecule has 0 fully saturated rings. The molecule has 0 bridgehead atoms. The zero-order chi connectivity index (χ0) is 15.8. The van der Waals surface area contributed by atoms with E-state index in [4.69, 9.17) is 0 Å². The molecule has 0 aliphatic carbocycles. The Morgan fingerprint density at radius 2 is 1.74 bits per heavy atom. The summed E-state index contributed by atoms with van der Waals surface area (Å²) in [5.41, 5.74) is 3.09. The van der Waals surface area contributed by atoms with Gasteiger partial charge in [0.05, 0.1) is 10.6 Å². The summed E-state index contributed by atoms with van der Waals surface area (Å²) in [6.45, 7) is 0.814. The van der Waals surface area contributed by atoms with Gasteiger partial charge >= 0.3 is 0 Å². The number of aromatic nitrogens is 3. The highest BCUT2D eigenvalue weighted by Crippen LogP contribution is 2.34. The van der Waals surface area contributed by atoms with Crippen molar-refractivity contribution in [3.63, 3.8) is 0 Å². The van der Waals surface area contributed by atoms with Gasteiger partial charge < -0.3 is 4.57 Å². The predicted octanol–water partition coefficient (Wildman–Crippen LogP) is 5.68. The standard InChI is InChI=1S/C17H11Br2N3S/c18-12-3-1-11(2-4-12)9-22-7-5-14-15(10-22)21-17(20-14)16-13(19)6-8-23-16/h1-8,10H,9H2. The molecule has 1 aromatic heterocycles. The van der Waals surface area contributed by atoms with Gasteiger partial charge in [-0.3, -0.25) is 0 Å². The van der Waals surface area contributed by atoms with E-state index in [-0.39, 0.29) is 0 Å². The van der Waals surface area contributed by atoms with E-state index in [0.29, 0.717) is 0 Å². The first-order valence-electron chi connectivity index (χ1n) is 7.00. The number of halogens is 2. The number of pyridine rings is 1. The zero-order valence-electron chi connectivity index (χ0n) is 11.9. The molecule has 2 aromatic rings. The molecule has 0 saturated carbocycles. The highest BCUT2D eigenvalue weighted by molar-refractivity contribution is 9.10. The summed E-state index contributed by atoms with van der Waals surface area (Å²) in [4.78, 5) is 10.4. The Balaban J connectivity index is 1.67. The van der Waals surface area contributed by atoms with Gasteiger partial charge in [0.25, 0.3) is 0 Å². The molecule has 0 radical (unpaired) electrons. The lowest BCUT2D eigenvalue weighted by Crippen LogP contribution is -2.00. The topological polar surface area (TPSA) is 30.7 Å². The number of benzene rings is 1. The van der Waals surface area contributed by atoms with Crippen LogP contribution in [0.4, 0.5) is 0 Å². The molecule has 0 saturated heterocycles. The maximum Gasteiger partial charge on any atom is 0.171 e. The first-order chi connectivity index (χ1) is 11.2. The lowest BCUT2D eigenvalue weighted by molar-refractivity contribution is 0.789. The molecule has 3 nitrogen and oxygen atoms in total. The Morgan fingerprint density at radius 1 is 0.957 bits per heavy atom. The van der Waals surface area contributed by atoms with Gasteiger partial charge in [0.1, 0.15) is 5.69 Å². The molecule has 2 aliphatic rings. The second-order valence-electron chi connectivity index (χ2n) is 5.16. The Bertz CT molecular complexity index is 927. The van der Waals surface area contributed by atoms with Gasteiger partial charge in [-0.15, -0.1) is 11.3 Å². The molecular formula is C17H11Br2N3S. The maximum absolute atomic E-state index is 4.67. The molecule has 0 unspecified atom stereocenters. The fourth-order valence-electron chi connectivity index (χ4n) is 2.41. The molecule has 0 atom stereocenters. The number of imidazole rings is 1. The molecule has 0 amide bonds. The van der Waals surface area contributed by atoms with Crippen molar-refractivity contribution in [2.45, 2.75) is 6.54 Å². The van der Waals surface area contributed by atoms with Crippen LogP contribution in [0.15, 0.2) is 63.1 Å². The van der Waals surface area contributed by atoms with Gasteiger partial charge in [-0.05, 0) is 51.1 Å². The fraction of sp³-hybridized carbons (Fsp3) is 0.0588. The highest BCUT2D eigenvalue weighted by Gasteiger charge is 2.15. The monoisotopic (exact) mass is 447 g/mol. The summed E-state index contributed by atoms with van der Waals surface area (Å²) >= 11 is 8.65. The van der Waals surface area contributed by atoms with Gasteiger partial charge in [0, 0.05) is 27.9 Å². The van der Waals surface area contributed by atoms with E-state index < -0.39 is 0 Å². The van der Waals surface area contributed by atoms with Crippen LogP contribution in [-0.4, -0.2) is 14.5 Å². The van der Waals surface area contributed by atoms with Crippen LogP contribution in [0.5, 0.6) is 0 Å². The summed E-state index contributed by atoms with van der Waals surface area (Å²) in [6.07, 6.45) is 4.10. The van der Waals surface area contributed by atoms with Crippen LogP contribution >= 0.6 is 43.2 Å². The van der Waals surface area contributed by atoms with Crippen LogP contribution in [0, 0.1) is 0 Å². The van der Waals surface area contributed by atoms with Crippen LogP contribution in [-0.2, 0) is 6.54 Å². The van der Waals surface area contributed by atoms with Crippen LogP contribution in [0.2, 0.25) is 0 Å². The maximum atomic E-state index is 4.67. The van der Waals surface area contributed by atoms with E-state index in [1.807, 2.05) is 23.7 Å². The summed E-state index contributed by atoms with van der Waals surface area (Å²) in [6, 6.07) is 12.4. The van der Waals surface area contributed by atoms with E-state index in [0.717, 1.165) is 37.6 Å². The second kappa shape index (κ2) is 6.19. The largest absolute Gasteiger partial charge is 0.348 e. The molecule has 6 heteroatoms. The normalized spacial score (nSPS) is 11.2. The van der Waals surface area contributed by atoms with Crippen molar-refractivity contribution in [2.24, 2.45) is 0 Å². The third kappa shape index (κ3) is 3.11. The second-order valence-corrected chi connectivity index (χ2v) is 7.85. The van der Waals surface area contributed by atoms with Crippen molar-refractivity contribution in [3.8, 4) is 22.1 Å². The van der Waals surface area contributed by atoms with Crippen molar-refractivity contribution in [2.75, 3.05) is 0 Å². The third-order valence-corrected chi connectivity index (χ3v) is 5.89. The summed E-state index contributed by atoms with van der Waals surface area (Å²) in [7, 11) is 0. The van der Waals surface area contributed by atoms with Crippen molar-refractivity contribution in [3.05, 3.63) is 68.7 Å². The quantitative estimate of drug-likeness (QED) is 0.403. The molecule has 0 N–H and O–H groups in total. The molecule has 2 aliphatic heterocycles. The molecule has 4 rings (SSSR count). The highest BCUT2D eigenvalue weighted by atomic mass is 79.9. The molecule has 1 aromatic carbocycles. The van der Waals surface area contributed by atoms with Crippen molar-refractivity contribution in [1.29, 1.82) is 0 Å². The smallest absolute Gasteiger partial charge is 0.171 e. The zero-order valence-corrected chi connectivity index (χ0v) is 15.9. The van der Waals surface area contributed by atoms with Crippen molar-refractivity contribution in [1.82, 2.24) is 14.5 Å². The van der Waals surface area contributed by atoms with E-state index in [9.17, 15) is 0 Å². The average molecular weight is 449 g/mol. The molecule has 0 spiro atoms. The van der Waals surface area contributed by atoms with Gasteiger partial charge in [-0.1, -0.05) is 28.1 Å². The Kier molecular flexibility index (Phi) is 4.05. The van der Waals surface area contributed by atoms with Gasteiger partial charge in [0.2, 0.25) is 0 Å². The van der Waals surface area contributed by atoms with E-state index in [1.165, 1.54) is 5.56 Å². The minimum Gasteiger partial charge on any atom is -0.348 e.